The number of nitrogens with zero attached hydrogens (tertiary/aromatic N) is 1. The fourth-order valence-electron chi connectivity index (χ4n) is 2.05. The minimum Gasteiger partial charge on any atom is -0.198 e. The van der Waals surface area contributed by atoms with Gasteiger partial charge >= 0.3 is 0 Å². The quantitative estimate of drug-likeness (QED) is 0.623. The molecule has 0 saturated heterocycles. The normalized spacial score (nSPS) is 10.2. The van der Waals surface area contributed by atoms with E-state index in [1.807, 2.05) is 12.1 Å². The summed E-state index contributed by atoms with van der Waals surface area (Å²) < 4.78 is 1.23. The molecule has 0 fully saturated rings. The Bertz CT molecular complexity index is 752. The van der Waals surface area contributed by atoms with Crippen LogP contribution in [0.1, 0.15) is 4.88 Å². The highest BCUT2D eigenvalue weighted by Gasteiger charge is 2.03. The number of benzene rings is 2. The van der Waals surface area contributed by atoms with Crippen molar-refractivity contribution in [3.63, 3.8) is 0 Å². The first-order chi connectivity index (χ1) is 10.3. The molecule has 0 aliphatic carbocycles. The van der Waals surface area contributed by atoms with E-state index in [4.69, 9.17) is 5.26 Å². The van der Waals surface area contributed by atoms with Gasteiger partial charge in [0.25, 0.3) is 0 Å². The molecule has 0 N–H and O–H groups in total. The van der Waals surface area contributed by atoms with Gasteiger partial charge in [0, 0.05) is 9.77 Å². The van der Waals surface area contributed by atoms with Crippen molar-refractivity contribution in [2.45, 2.75) is 15.5 Å². The predicted molar refractivity (Wildman–Crippen MR) is 89.6 cm³/mol. The SMILES string of the molecule is N#CCc1ccc(Sc2ccc(-c3ccccc3)cc2)s1. The molecule has 0 unspecified atom stereocenters. The van der Waals surface area contributed by atoms with Crippen LogP contribution in [0.5, 0.6) is 0 Å². The highest BCUT2D eigenvalue weighted by molar-refractivity contribution is 8.01. The highest BCUT2D eigenvalue weighted by Crippen LogP contribution is 2.34. The summed E-state index contributed by atoms with van der Waals surface area (Å²) in [4.78, 5) is 2.35. The van der Waals surface area contributed by atoms with Crippen LogP contribution >= 0.6 is 23.1 Å². The molecule has 3 heteroatoms. The Morgan fingerprint density at radius 2 is 1.57 bits per heavy atom. The van der Waals surface area contributed by atoms with Gasteiger partial charge in [-0.05, 0) is 35.4 Å². The van der Waals surface area contributed by atoms with E-state index in [1.165, 1.54) is 20.2 Å². The lowest BCUT2D eigenvalue weighted by Crippen LogP contribution is -1.77. The summed E-state index contributed by atoms with van der Waals surface area (Å²) in [6.45, 7) is 0. The molecule has 21 heavy (non-hydrogen) atoms. The molecule has 0 saturated carbocycles. The Morgan fingerprint density at radius 1 is 0.857 bits per heavy atom. The van der Waals surface area contributed by atoms with E-state index in [-0.39, 0.29) is 0 Å². The molecule has 3 rings (SSSR count). The Morgan fingerprint density at radius 3 is 2.29 bits per heavy atom. The predicted octanol–water partition coefficient (Wildman–Crippen LogP) is 5.63. The first-order valence-electron chi connectivity index (χ1n) is 6.64. The first kappa shape index (κ1) is 13.9. The lowest BCUT2D eigenvalue weighted by atomic mass is 10.1. The monoisotopic (exact) mass is 307 g/mol. The largest absolute Gasteiger partial charge is 0.198 e. The average Bonchev–Trinajstić information content (AvgIpc) is 2.97. The van der Waals surface area contributed by atoms with Crippen LogP contribution in [0.15, 0.2) is 75.8 Å². The van der Waals surface area contributed by atoms with Crippen molar-refractivity contribution in [1.29, 1.82) is 5.26 Å². The van der Waals surface area contributed by atoms with Crippen LogP contribution in [-0.2, 0) is 6.42 Å². The van der Waals surface area contributed by atoms with E-state index >= 15 is 0 Å². The maximum Gasteiger partial charge on any atom is 0.0696 e. The van der Waals surface area contributed by atoms with Crippen molar-refractivity contribution in [2.75, 3.05) is 0 Å². The van der Waals surface area contributed by atoms with E-state index in [1.54, 1.807) is 23.1 Å². The second-order valence-corrected chi connectivity index (χ2v) is 7.09. The standard InChI is InChI=1S/C18H13NS2/c19-13-12-17-10-11-18(21-17)20-16-8-6-15(7-9-16)14-4-2-1-3-5-14/h1-11H,12H2. The molecule has 102 valence electrons. The van der Waals surface area contributed by atoms with Gasteiger partial charge in [-0.25, -0.2) is 0 Å². The minimum absolute atomic E-state index is 0.498. The van der Waals surface area contributed by atoms with Gasteiger partial charge in [-0.1, -0.05) is 54.2 Å². The van der Waals surface area contributed by atoms with Crippen LogP contribution in [0.25, 0.3) is 11.1 Å². The summed E-state index contributed by atoms with van der Waals surface area (Å²) in [5.74, 6) is 0. The lowest BCUT2D eigenvalue weighted by Gasteiger charge is -2.03. The molecule has 0 aliphatic heterocycles. The van der Waals surface area contributed by atoms with Crippen molar-refractivity contribution in [1.82, 2.24) is 0 Å². The molecule has 1 aromatic heterocycles. The molecular weight excluding hydrogens is 294 g/mol. The van der Waals surface area contributed by atoms with Crippen LogP contribution < -0.4 is 0 Å². The van der Waals surface area contributed by atoms with Crippen LogP contribution in [0.2, 0.25) is 0 Å². The smallest absolute Gasteiger partial charge is 0.0696 e. The Hall–Kier alpha value is -2.02. The van der Waals surface area contributed by atoms with Gasteiger partial charge in [-0.15, -0.1) is 11.3 Å². The minimum atomic E-state index is 0.498. The van der Waals surface area contributed by atoms with Crippen molar-refractivity contribution in [3.8, 4) is 17.2 Å². The molecule has 2 aromatic carbocycles. The first-order valence-corrected chi connectivity index (χ1v) is 8.27. The molecule has 0 aliphatic rings. The Kier molecular flexibility index (Phi) is 4.40. The fraction of sp³-hybridized carbons (Fsp3) is 0.0556. The maximum absolute atomic E-state index is 8.71. The van der Waals surface area contributed by atoms with Gasteiger partial charge < -0.3 is 0 Å². The molecule has 0 radical (unpaired) electrons. The van der Waals surface area contributed by atoms with Crippen molar-refractivity contribution < 1.29 is 0 Å². The molecular formula is C18H13NS2. The number of hydrogen-bond donors (Lipinski definition) is 0. The zero-order valence-corrected chi connectivity index (χ0v) is 13.0. The average molecular weight is 307 g/mol. The summed E-state index contributed by atoms with van der Waals surface area (Å²) in [5.41, 5.74) is 2.47. The molecule has 0 atom stereocenters. The summed E-state index contributed by atoms with van der Waals surface area (Å²) in [7, 11) is 0. The number of thiophene rings is 1. The second kappa shape index (κ2) is 6.62. The van der Waals surface area contributed by atoms with Gasteiger partial charge in [0.15, 0.2) is 0 Å². The third-order valence-corrected chi connectivity index (χ3v) is 5.30. The molecule has 0 bridgehead atoms. The lowest BCUT2D eigenvalue weighted by molar-refractivity contribution is 1.32. The molecule has 1 heterocycles. The zero-order valence-electron chi connectivity index (χ0n) is 11.3. The van der Waals surface area contributed by atoms with Crippen LogP contribution in [0.4, 0.5) is 0 Å². The van der Waals surface area contributed by atoms with E-state index in [0.717, 1.165) is 4.88 Å². The molecule has 0 amide bonds. The summed E-state index contributed by atoms with van der Waals surface area (Å²) in [5, 5.41) is 8.71. The summed E-state index contributed by atoms with van der Waals surface area (Å²) >= 11 is 3.44. The summed E-state index contributed by atoms with van der Waals surface area (Å²) in [6.07, 6.45) is 0.498. The third-order valence-electron chi connectivity index (χ3n) is 3.07. The highest BCUT2D eigenvalue weighted by atomic mass is 32.2. The van der Waals surface area contributed by atoms with Crippen molar-refractivity contribution in [3.05, 3.63) is 71.6 Å². The second-order valence-electron chi connectivity index (χ2n) is 4.55. The van der Waals surface area contributed by atoms with Gasteiger partial charge in [-0.3, -0.25) is 0 Å². The van der Waals surface area contributed by atoms with Gasteiger partial charge in [0.2, 0.25) is 0 Å². The van der Waals surface area contributed by atoms with Crippen LogP contribution in [0.3, 0.4) is 0 Å². The Balaban J connectivity index is 1.74. The number of nitriles is 1. The van der Waals surface area contributed by atoms with Crippen molar-refractivity contribution >= 4 is 23.1 Å². The van der Waals surface area contributed by atoms with Crippen molar-refractivity contribution in [2.24, 2.45) is 0 Å². The van der Waals surface area contributed by atoms with Gasteiger partial charge in [0.1, 0.15) is 0 Å². The maximum atomic E-state index is 8.71. The number of hydrogen-bond acceptors (Lipinski definition) is 3. The molecule has 1 nitrogen and oxygen atoms in total. The van der Waals surface area contributed by atoms with E-state index in [0.29, 0.717) is 6.42 Å². The molecule has 0 spiro atoms. The summed E-state index contributed by atoms with van der Waals surface area (Å²) in [6, 6.07) is 25.3. The van der Waals surface area contributed by atoms with E-state index in [9.17, 15) is 0 Å². The number of rotatable bonds is 4. The van der Waals surface area contributed by atoms with Gasteiger partial charge in [-0.2, -0.15) is 5.26 Å². The zero-order chi connectivity index (χ0) is 14.5. The van der Waals surface area contributed by atoms with Gasteiger partial charge in [0.05, 0.1) is 16.7 Å². The van der Waals surface area contributed by atoms with Crippen LogP contribution in [-0.4, -0.2) is 0 Å². The molecule has 3 aromatic rings. The Labute approximate surface area is 132 Å². The van der Waals surface area contributed by atoms with Crippen LogP contribution in [0, 0.1) is 11.3 Å². The van der Waals surface area contributed by atoms with E-state index < -0.39 is 0 Å². The third kappa shape index (κ3) is 3.55. The van der Waals surface area contributed by atoms with E-state index in [2.05, 4.69) is 60.7 Å². The fourth-order valence-corrected chi connectivity index (χ4v) is 4.13. The topological polar surface area (TPSA) is 23.8 Å².